The van der Waals surface area contributed by atoms with Crippen molar-refractivity contribution in [1.29, 1.82) is 0 Å². The zero-order valence-corrected chi connectivity index (χ0v) is 11.1. The number of ketones is 1. The second-order valence-electron chi connectivity index (χ2n) is 4.14. The van der Waals surface area contributed by atoms with E-state index >= 15 is 0 Å². The molecule has 0 saturated carbocycles. The van der Waals surface area contributed by atoms with Gasteiger partial charge in [0.1, 0.15) is 5.56 Å². The molecule has 0 fully saturated rings. The van der Waals surface area contributed by atoms with Crippen molar-refractivity contribution in [3.05, 3.63) is 56.0 Å². The van der Waals surface area contributed by atoms with E-state index in [1.807, 2.05) is 0 Å². The fourth-order valence-corrected chi connectivity index (χ4v) is 2.76. The average Bonchev–Trinajstić information content (AvgIpc) is 2.73. The van der Waals surface area contributed by atoms with Crippen LogP contribution in [0, 0.1) is 42.9 Å². The third kappa shape index (κ3) is 2.11. The van der Waals surface area contributed by atoms with Crippen molar-refractivity contribution in [2.45, 2.75) is 13.8 Å². The number of halogens is 5. The molecule has 0 saturated heterocycles. The van der Waals surface area contributed by atoms with E-state index in [2.05, 4.69) is 0 Å². The number of hydrogen-bond acceptors (Lipinski definition) is 2. The first-order valence-corrected chi connectivity index (χ1v) is 6.20. The monoisotopic (exact) mass is 306 g/mol. The van der Waals surface area contributed by atoms with E-state index < -0.39 is 40.4 Å². The fourth-order valence-electron chi connectivity index (χ4n) is 1.78. The van der Waals surface area contributed by atoms with Gasteiger partial charge in [0.15, 0.2) is 23.3 Å². The number of carbonyl (C=O) groups excluding carboxylic acids is 1. The van der Waals surface area contributed by atoms with Crippen LogP contribution < -0.4 is 0 Å². The standard InChI is InChI=1S/C13H7F5OS/c1-4-3-5(2)20-13(4)12(19)6-7(14)9(16)11(18)10(17)8(6)15/h3H,1-2H3. The molecule has 0 amide bonds. The highest BCUT2D eigenvalue weighted by atomic mass is 32.1. The maximum Gasteiger partial charge on any atom is 0.209 e. The van der Waals surface area contributed by atoms with Crippen molar-refractivity contribution in [2.24, 2.45) is 0 Å². The van der Waals surface area contributed by atoms with Crippen LogP contribution in [0.2, 0.25) is 0 Å². The molecule has 20 heavy (non-hydrogen) atoms. The largest absolute Gasteiger partial charge is 0.287 e. The summed E-state index contributed by atoms with van der Waals surface area (Å²) in [4.78, 5) is 12.7. The normalized spacial score (nSPS) is 10.9. The van der Waals surface area contributed by atoms with Crippen molar-refractivity contribution in [2.75, 3.05) is 0 Å². The lowest BCUT2D eigenvalue weighted by Crippen LogP contribution is -2.13. The molecule has 7 heteroatoms. The maximum absolute atomic E-state index is 13.5. The van der Waals surface area contributed by atoms with Crippen LogP contribution in [0.15, 0.2) is 6.07 Å². The molecule has 0 spiro atoms. The van der Waals surface area contributed by atoms with E-state index in [1.54, 1.807) is 13.0 Å². The Bertz CT molecular complexity index is 691. The minimum atomic E-state index is -2.28. The summed E-state index contributed by atoms with van der Waals surface area (Å²) in [7, 11) is 0. The molecule has 0 atom stereocenters. The summed E-state index contributed by atoms with van der Waals surface area (Å²) in [5, 5.41) is 0. The molecule has 2 aromatic rings. The second-order valence-corrected chi connectivity index (χ2v) is 5.40. The Labute approximate surface area is 114 Å². The van der Waals surface area contributed by atoms with Crippen LogP contribution in [0.25, 0.3) is 0 Å². The third-order valence-electron chi connectivity index (χ3n) is 2.68. The van der Waals surface area contributed by atoms with E-state index in [9.17, 15) is 26.7 Å². The van der Waals surface area contributed by atoms with Gasteiger partial charge in [0.2, 0.25) is 11.6 Å². The quantitative estimate of drug-likeness (QED) is 0.350. The highest BCUT2D eigenvalue weighted by molar-refractivity contribution is 7.14. The molecule has 0 radical (unpaired) electrons. The van der Waals surface area contributed by atoms with E-state index in [-0.39, 0.29) is 4.88 Å². The molecular formula is C13H7F5OS. The molecule has 1 aromatic heterocycles. The van der Waals surface area contributed by atoms with Gasteiger partial charge in [-0.3, -0.25) is 4.79 Å². The van der Waals surface area contributed by atoms with Gasteiger partial charge in [-0.25, -0.2) is 22.0 Å². The van der Waals surface area contributed by atoms with E-state index in [4.69, 9.17) is 0 Å². The summed E-state index contributed by atoms with van der Waals surface area (Å²) in [6.45, 7) is 3.18. The van der Waals surface area contributed by atoms with Crippen LogP contribution in [-0.2, 0) is 0 Å². The smallest absolute Gasteiger partial charge is 0.209 e. The zero-order valence-electron chi connectivity index (χ0n) is 10.3. The second kappa shape index (κ2) is 4.97. The van der Waals surface area contributed by atoms with Gasteiger partial charge in [0.25, 0.3) is 0 Å². The minimum Gasteiger partial charge on any atom is -0.287 e. The lowest BCUT2D eigenvalue weighted by atomic mass is 10.0. The summed E-state index contributed by atoms with van der Waals surface area (Å²) >= 11 is 0.929. The number of thiophene rings is 1. The summed E-state index contributed by atoms with van der Waals surface area (Å²) in [5.41, 5.74) is -1.01. The zero-order chi connectivity index (χ0) is 15.2. The maximum atomic E-state index is 13.5. The lowest BCUT2D eigenvalue weighted by Gasteiger charge is -2.06. The first-order chi connectivity index (χ1) is 9.25. The topological polar surface area (TPSA) is 17.1 Å². The molecule has 0 aliphatic heterocycles. The van der Waals surface area contributed by atoms with Crippen LogP contribution >= 0.6 is 11.3 Å². The molecule has 1 nitrogen and oxygen atoms in total. The van der Waals surface area contributed by atoms with Gasteiger partial charge in [-0.1, -0.05) is 0 Å². The van der Waals surface area contributed by atoms with Crippen molar-refractivity contribution >= 4 is 17.1 Å². The first-order valence-electron chi connectivity index (χ1n) is 5.38. The Morgan fingerprint density at radius 1 is 0.900 bits per heavy atom. The highest BCUT2D eigenvalue weighted by Gasteiger charge is 2.31. The van der Waals surface area contributed by atoms with E-state index in [0.29, 0.717) is 10.4 Å². The Kier molecular flexibility index (Phi) is 3.64. The molecule has 0 N–H and O–H groups in total. The van der Waals surface area contributed by atoms with Gasteiger partial charge in [-0.2, -0.15) is 0 Å². The lowest BCUT2D eigenvalue weighted by molar-refractivity contribution is 0.103. The molecule has 2 rings (SSSR count). The number of hydrogen-bond donors (Lipinski definition) is 0. The number of aryl methyl sites for hydroxylation is 2. The summed E-state index contributed by atoms with van der Waals surface area (Å²) < 4.78 is 66.1. The van der Waals surface area contributed by atoms with Crippen LogP contribution in [0.5, 0.6) is 0 Å². The number of carbonyl (C=O) groups is 1. The minimum absolute atomic E-state index is 0.0503. The Morgan fingerprint density at radius 3 is 1.75 bits per heavy atom. The van der Waals surface area contributed by atoms with Crippen molar-refractivity contribution in [1.82, 2.24) is 0 Å². The van der Waals surface area contributed by atoms with E-state index in [1.165, 1.54) is 6.92 Å². The summed E-state index contributed by atoms with van der Waals surface area (Å²) in [6, 6.07) is 1.59. The van der Waals surface area contributed by atoms with E-state index in [0.717, 1.165) is 11.3 Å². The first kappa shape index (κ1) is 14.6. The van der Waals surface area contributed by atoms with Gasteiger partial charge < -0.3 is 0 Å². The molecule has 0 bridgehead atoms. The number of rotatable bonds is 2. The third-order valence-corrected chi connectivity index (χ3v) is 3.84. The Morgan fingerprint density at radius 2 is 1.35 bits per heavy atom. The Hall–Kier alpha value is -1.76. The molecule has 106 valence electrons. The molecule has 0 aliphatic carbocycles. The van der Waals surface area contributed by atoms with Crippen molar-refractivity contribution in [3.8, 4) is 0 Å². The Balaban J connectivity index is 2.70. The average molecular weight is 306 g/mol. The molecule has 0 unspecified atom stereocenters. The molecule has 1 aromatic carbocycles. The fraction of sp³-hybridized carbons (Fsp3) is 0.154. The van der Waals surface area contributed by atoms with Gasteiger partial charge in [0.05, 0.1) is 4.88 Å². The molecular weight excluding hydrogens is 299 g/mol. The molecule has 1 heterocycles. The van der Waals surface area contributed by atoms with Gasteiger partial charge >= 0.3 is 0 Å². The highest BCUT2D eigenvalue weighted by Crippen LogP contribution is 2.29. The van der Waals surface area contributed by atoms with Crippen LogP contribution in [0.1, 0.15) is 25.7 Å². The van der Waals surface area contributed by atoms with Crippen molar-refractivity contribution < 1.29 is 26.7 Å². The van der Waals surface area contributed by atoms with Crippen LogP contribution in [0.4, 0.5) is 22.0 Å². The van der Waals surface area contributed by atoms with Crippen LogP contribution in [-0.4, -0.2) is 5.78 Å². The predicted molar refractivity (Wildman–Crippen MR) is 63.5 cm³/mol. The van der Waals surface area contributed by atoms with Crippen LogP contribution in [0.3, 0.4) is 0 Å². The van der Waals surface area contributed by atoms with Gasteiger partial charge in [0, 0.05) is 4.88 Å². The summed E-state index contributed by atoms with van der Waals surface area (Å²) in [6.07, 6.45) is 0. The van der Waals surface area contributed by atoms with Gasteiger partial charge in [-0.05, 0) is 25.5 Å². The van der Waals surface area contributed by atoms with Crippen molar-refractivity contribution in [3.63, 3.8) is 0 Å². The predicted octanol–water partition coefficient (Wildman–Crippen LogP) is 4.29. The summed E-state index contributed by atoms with van der Waals surface area (Å²) in [5.74, 6) is -12.0. The van der Waals surface area contributed by atoms with Gasteiger partial charge in [-0.15, -0.1) is 11.3 Å². The number of benzene rings is 1. The SMILES string of the molecule is Cc1cc(C)c(C(=O)c2c(F)c(F)c(F)c(F)c2F)s1. The molecule has 0 aliphatic rings.